The summed E-state index contributed by atoms with van der Waals surface area (Å²) in [5, 5.41) is 8.69. The van der Waals surface area contributed by atoms with Gasteiger partial charge in [0.25, 0.3) is 0 Å². The Morgan fingerprint density at radius 1 is 1.26 bits per heavy atom. The van der Waals surface area contributed by atoms with E-state index in [9.17, 15) is 9.59 Å². The van der Waals surface area contributed by atoms with E-state index in [-0.39, 0.29) is 12.3 Å². The van der Waals surface area contributed by atoms with Gasteiger partial charge in [-0.1, -0.05) is 19.3 Å². The molecule has 1 aliphatic carbocycles. The Morgan fingerprint density at radius 2 is 1.95 bits per heavy atom. The van der Waals surface area contributed by atoms with Crippen molar-refractivity contribution in [3.63, 3.8) is 0 Å². The van der Waals surface area contributed by atoms with Gasteiger partial charge in [0.1, 0.15) is 0 Å². The minimum absolute atomic E-state index is 0.0880. The molecule has 1 heterocycles. The molecule has 1 saturated heterocycles. The second-order valence-electron chi connectivity index (χ2n) is 6.06. The minimum Gasteiger partial charge on any atom is -0.481 e. The lowest BCUT2D eigenvalue weighted by molar-refractivity contribution is -0.137. The van der Waals surface area contributed by atoms with Gasteiger partial charge in [0.2, 0.25) is 5.91 Å². The number of amides is 1. The van der Waals surface area contributed by atoms with Crippen molar-refractivity contribution in [2.45, 2.75) is 56.9 Å². The van der Waals surface area contributed by atoms with Crippen molar-refractivity contribution in [1.29, 1.82) is 0 Å². The van der Waals surface area contributed by atoms with Gasteiger partial charge in [-0.2, -0.15) is 0 Å². The number of rotatable bonds is 4. The maximum Gasteiger partial charge on any atom is 0.303 e. The topological polar surface area (TPSA) is 83.6 Å². The third-order valence-electron chi connectivity index (χ3n) is 4.51. The van der Waals surface area contributed by atoms with Gasteiger partial charge in [-0.15, -0.1) is 0 Å². The minimum atomic E-state index is -0.757. The number of carbonyl (C=O) groups is 2. The summed E-state index contributed by atoms with van der Waals surface area (Å²) in [5.74, 6) is -0.343. The van der Waals surface area contributed by atoms with Gasteiger partial charge in [0.05, 0.1) is 5.54 Å². The summed E-state index contributed by atoms with van der Waals surface area (Å²) < 4.78 is 0. The molecule has 2 aliphatic rings. The van der Waals surface area contributed by atoms with Crippen LogP contribution in [0.4, 0.5) is 0 Å². The van der Waals surface area contributed by atoms with Crippen molar-refractivity contribution < 1.29 is 14.7 Å². The van der Waals surface area contributed by atoms with Gasteiger partial charge < -0.3 is 15.7 Å². The van der Waals surface area contributed by atoms with Crippen molar-refractivity contribution in [3.05, 3.63) is 0 Å². The first-order valence-electron chi connectivity index (χ1n) is 7.31. The molecule has 3 N–H and O–H groups in total. The molecule has 5 heteroatoms. The Balaban J connectivity index is 1.85. The fourth-order valence-corrected chi connectivity index (χ4v) is 3.29. The predicted molar refractivity (Wildman–Crippen MR) is 71.6 cm³/mol. The van der Waals surface area contributed by atoms with Crippen LogP contribution in [0.2, 0.25) is 0 Å². The number of likely N-dealkylation sites (tertiary alicyclic amines) is 1. The summed E-state index contributed by atoms with van der Waals surface area (Å²) in [6, 6.07) is 0. The van der Waals surface area contributed by atoms with Crippen LogP contribution in [0.25, 0.3) is 0 Å². The molecule has 1 saturated carbocycles. The second kappa shape index (κ2) is 5.90. The van der Waals surface area contributed by atoms with Crippen molar-refractivity contribution in [1.82, 2.24) is 4.90 Å². The molecule has 0 radical (unpaired) electrons. The molecule has 0 spiro atoms. The van der Waals surface area contributed by atoms with E-state index in [0.717, 1.165) is 38.6 Å². The summed E-state index contributed by atoms with van der Waals surface area (Å²) in [7, 11) is 0. The van der Waals surface area contributed by atoms with E-state index >= 15 is 0 Å². The summed E-state index contributed by atoms with van der Waals surface area (Å²) in [4.78, 5) is 24.9. The van der Waals surface area contributed by atoms with E-state index in [1.807, 2.05) is 4.90 Å². The highest BCUT2D eigenvalue weighted by Crippen LogP contribution is 2.30. The molecule has 1 atom stereocenters. The maximum absolute atomic E-state index is 12.5. The van der Waals surface area contributed by atoms with Crippen LogP contribution in [0.1, 0.15) is 51.4 Å². The lowest BCUT2D eigenvalue weighted by Gasteiger charge is -2.35. The van der Waals surface area contributed by atoms with Crippen LogP contribution in [0.3, 0.4) is 0 Å². The average Bonchev–Trinajstić information content (AvgIpc) is 2.85. The first kappa shape index (κ1) is 14.3. The number of carboxylic acids is 1. The average molecular weight is 268 g/mol. The zero-order chi connectivity index (χ0) is 13.9. The number of nitrogens with two attached hydrogens (primary N) is 1. The molecule has 108 valence electrons. The van der Waals surface area contributed by atoms with E-state index in [4.69, 9.17) is 10.8 Å². The third-order valence-corrected chi connectivity index (χ3v) is 4.51. The van der Waals surface area contributed by atoms with Gasteiger partial charge in [-0.25, -0.2) is 0 Å². The zero-order valence-electron chi connectivity index (χ0n) is 11.4. The molecule has 2 rings (SSSR count). The Bertz CT molecular complexity index is 351. The van der Waals surface area contributed by atoms with Gasteiger partial charge in [-0.05, 0) is 31.6 Å². The largest absolute Gasteiger partial charge is 0.481 e. The number of carboxylic acid groups (broad SMARTS) is 1. The Kier molecular flexibility index (Phi) is 4.45. The smallest absolute Gasteiger partial charge is 0.303 e. The number of nitrogens with zero attached hydrogens (tertiary/aromatic N) is 1. The normalized spacial score (nSPS) is 26.4. The summed E-state index contributed by atoms with van der Waals surface area (Å²) in [6.45, 7) is 1.42. The Morgan fingerprint density at radius 3 is 2.58 bits per heavy atom. The predicted octanol–water partition coefficient (Wildman–Crippen LogP) is 1.36. The molecule has 1 unspecified atom stereocenters. The van der Waals surface area contributed by atoms with E-state index < -0.39 is 11.5 Å². The van der Waals surface area contributed by atoms with Gasteiger partial charge >= 0.3 is 5.97 Å². The van der Waals surface area contributed by atoms with Crippen LogP contribution in [0.5, 0.6) is 0 Å². The van der Waals surface area contributed by atoms with Crippen molar-refractivity contribution >= 4 is 11.9 Å². The lowest BCUT2D eigenvalue weighted by Crippen LogP contribution is -2.55. The molecular formula is C14H24N2O3. The first-order valence-corrected chi connectivity index (χ1v) is 7.31. The summed E-state index contributed by atoms with van der Waals surface area (Å²) in [6.07, 6.45) is 6.61. The van der Waals surface area contributed by atoms with Gasteiger partial charge in [0, 0.05) is 19.5 Å². The van der Waals surface area contributed by atoms with Crippen molar-refractivity contribution in [2.24, 2.45) is 11.7 Å². The zero-order valence-corrected chi connectivity index (χ0v) is 11.4. The first-order chi connectivity index (χ1) is 9.01. The Hall–Kier alpha value is -1.10. The third kappa shape index (κ3) is 3.47. The second-order valence-corrected chi connectivity index (χ2v) is 6.06. The highest BCUT2D eigenvalue weighted by molar-refractivity contribution is 5.86. The van der Waals surface area contributed by atoms with E-state index in [2.05, 4.69) is 0 Å². The Labute approximate surface area is 114 Å². The standard InChI is InChI=1S/C14H24N2O3/c15-14(7-2-1-3-8-14)13(19)16-9-6-11(10-16)4-5-12(17)18/h11H,1-10,15H2,(H,17,18). The molecule has 1 amide bonds. The van der Waals surface area contributed by atoms with Crippen LogP contribution in [0.15, 0.2) is 0 Å². The SMILES string of the molecule is NC1(C(=O)N2CCC(CCC(=O)O)C2)CCCCC1. The monoisotopic (exact) mass is 268 g/mol. The molecule has 0 aromatic rings. The van der Waals surface area contributed by atoms with E-state index in [0.29, 0.717) is 18.9 Å². The summed E-state index contributed by atoms with van der Waals surface area (Å²) in [5.41, 5.74) is 5.61. The van der Waals surface area contributed by atoms with Crippen LogP contribution in [0, 0.1) is 5.92 Å². The number of carbonyl (C=O) groups excluding carboxylic acids is 1. The quantitative estimate of drug-likeness (QED) is 0.806. The molecule has 19 heavy (non-hydrogen) atoms. The molecular weight excluding hydrogens is 244 g/mol. The molecule has 5 nitrogen and oxygen atoms in total. The van der Waals surface area contributed by atoms with Crippen LogP contribution in [-0.4, -0.2) is 40.5 Å². The van der Waals surface area contributed by atoms with Crippen LogP contribution in [-0.2, 0) is 9.59 Å². The number of hydrogen-bond donors (Lipinski definition) is 2. The van der Waals surface area contributed by atoms with Crippen molar-refractivity contribution in [2.75, 3.05) is 13.1 Å². The van der Waals surface area contributed by atoms with E-state index in [1.165, 1.54) is 6.42 Å². The highest BCUT2D eigenvalue weighted by atomic mass is 16.4. The van der Waals surface area contributed by atoms with Gasteiger partial charge in [-0.3, -0.25) is 9.59 Å². The summed E-state index contributed by atoms with van der Waals surface area (Å²) >= 11 is 0. The van der Waals surface area contributed by atoms with Crippen LogP contribution >= 0.6 is 0 Å². The fourth-order valence-electron chi connectivity index (χ4n) is 3.29. The van der Waals surface area contributed by atoms with Crippen LogP contribution < -0.4 is 5.73 Å². The fraction of sp³-hybridized carbons (Fsp3) is 0.857. The molecule has 0 bridgehead atoms. The van der Waals surface area contributed by atoms with Gasteiger partial charge in [0.15, 0.2) is 0 Å². The molecule has 2 fully saturated rings. The highest BCUT2D eigenvalue weighted by Gasteiger charge is 2.40. The van der Waals surface area contributed by atoms with E-state index in [1.54, 1.807) is 0 Å². The molecule has 0 aromatic heterocycles. The number of hydrogen-bond acceptors (Lipinski definition) is 3. The molecule has 0 aromatic carbocycles. The van der Waals surface area contributed by atoms with Crippen molar-refractivity contribution in [3.8, 4) is 0 Å². The molecule has 1 aliphatic heterocycles. The maximum atomic E-state index is 12.5. The lowest BCUT2D eigenvalue weighted by atomic mass is 9.81. The number of aliphatic carboxylic acids is 1.